The summed E-state index contributed by atoms with van der Waals surface area (Å²) in [6.07, 6.45) is 1.44. The number of aryl methyl sites for hydroxylation is 1. The summed E-state index contributed by atoms with van der Waals surface area (Å²) in [5, 5.41) is 8.94. The first-order chi connectivity index (χ1) is 12.1. The average molecular weight is 335 g/mol. The number of H-pyrrole nitrogens is 1. The summed E-state index contributed by atoms with van der Waals surface area (Å²) in [7, 11) is 1.60. The van der Waals surface area contributed by atoms with Crippen molar-refractivity contribution in [3.8, 4) is 11.3 Å². The number of hydrogen-bond donors (Lipinski definition) is 3. The maximum absolute atomic E-state index is 11.8. The van der Waals surface area contributed by atoms with E-state index in [2.05, 4.69) is 25.4 Å². The Morgan fingerprint density at radius 3 is 2.92 bits per heavy atom. The van der Waals surface area contributed by atoms with Gasteiger partial charge in [-0.1, -0.05) is 12.1 Å². The fourth-order valence-corrected chi connectivity index (χ4v) is 2.98. The Kier molecular flexibility index (Phi) is 3.38. The molecule has 0 aliphatic rings. The number of nitrogen functional groups attached to an aromatic ring is 1. The second-order valence-corrected chi connectivity index (χ2v) is 5.69. The third kappa shape index (κ3) is 2.30. The number of anilines is 1. The van der Waals surface area contributed by atoms with E-state index < -0.39 is 0 Å². The Hall–Kier alpha value is -3.42. The molecule has 0 saturated carbocycles. The monoisotopic (exact) mass is 335 g/mol. The van der Waals surface area contributed by atoms with E-state index >= 15 is 0 Å². The van der Waals surface area contributed by atoms with Crippen molar-refractivity contribution < 1.29 is 4.79 Å². The van der Waals surface area contributed by atoms with Gasteiger partial charge in [0.15, 0.2) is 5.65 Å². The number of fused-ring (bicyclic) bond motifs is 2. The average Bonchev–Trinajstić information content (AvgIpc) is 3.22. The summed E-state index contributed by atoms with van der Waals surface area (Å²) in [4.78, 5) is 23.3. The van der Waals surface area contributed by atoms with E-state index in [4.69, 9.17) is 5.73 Å². The van der Waals surface area contributed by atoms with Crippen molar-refractivity contribution in [1.29, 1.82) is 0 Å². The molecule has 8 nitrogen and oxygen atoms in total. The van der Waals surface area contributed by atoms with Crippen LogP contribution in [-0.4, -0.2) is 37.7 Å². The Balaban J connectivity index is 1.93. The predicted octanol–water partition coefficient (Wildman–Crippen LogP) is 1.94. The minimum atomic E-state index is -0.156. The summed E-state index contributed by atoms with van der Waals surface area (Å²) >= 11 is 0. The Morgan fingerprint density at radius 1 is 1.32 bits per heavy atom. The number of nitrogens with one attached hydrogen (secondary N) is 2. The van der Waals surface area contributed by atoms with E-state index in [0.717, 1.165) is 27.5 Å². The Bertz CT molecular complexity index is 1110. The number of rotatable bonds is 3. The highest BCUT2D eigenvalue weighted by Gasteiger charge is 2.17. The van der Waals surface area contributed by atoms with Crippen LogP contribution < -0.4 is 11.1 Å². The molecule has 1 amide bonds. The third-order valence-corrected chi connectivity index (χ3v) is 4.23. The molecule has 0 radical (unpaired) electrons. The van der Waals surface area contributed by atoms with Crippen LogP contribution >= 0.6 is 0 Å². The Labute approximate surface area is 143 Å². The van der Waals surface area contributed by atoms with Crippen molar-refractivity contribution in [1.82, 2.24) is 30.0 Å². The standard InChI is InChI=1S/C17H17N7O/c1-3-24-16-13(15(18)20-8-21-16)14(23-24)10-5-4-9-6-12(17(25)19-2)22-11(9)7-10/h4-8,22H,3H2,1-2H3,(H,19,25)(H2,18,20,21). The molecule has 4 N–H and O–H groups in total. The topological polar surface area (TPSA) is 115 Å². The van der Waals surface area contributed by atoms with Crippen LogP contribution in [0.25, 0.3) is 33.2 Å². The summed E-state index contributed by atoms with van der Waals surface area (Å²) in [6, 6.07) is 7.68. The molecule has 4 aromatic rings. The fourth-order valence-electron chi connectivity index (χ4n) is 2.98. The predicted molar refractivity (Wildman–Crippen MR) is 96.1 cm³/mol. The minimum Gasteiger partial charge on any atom is -0.383 e. The summed E-state index contributed by atoms with van der Waals surface area (Å²) in [5.41, 5.74) is 9.77. The number of hydrogen-bond acceptors (Lipinski definition) is 5. The SMILES string of the molecule is CCn1nc(-c2ccc3cc(C(=O)NC)[nH]c3c2)c2c(N)ncnc21. The lowest BCUT2D eigenvalue weighted by Gasteiger charge is -2.00. The number of amides is 1. The number of aromatic nitrogens is 5. The molecule has 126 valence electrons. The minimum absolute atomic E-state index is 0.156. The van der Waals surface area contributed by atoms with E-state index in [1.165, 1.54) is 6.33 Å². The van der Waals surface area contributed by atoms with Crippen LogP contribution in [0.2, 0.25) is 0 Å². The lowest BCUT2D eigenvalue weighted by molar-refractivity contribution is 0.0959. The van der Waals surface area contributed by atoms with Crippen molar-refractivity contribution in [2.75, 3.05) is 12.8 Å². The van der Waals surface area contributed by atoms with Gasteiger partial charge in [-0.25, -0.2) is 14.6 Å². The van der Waals surface area contributed by atoms with Crippen molar-refractivity contribution in [2.45, 2.75) is 13.5 Å². The third-order valence-electron chi connectivity index (χ3n) is 4.23. The van der Waals surface area contributed by atoms with Crippen LogP contribution in [0.4, 0.5) is 5.82 Å². The van der Waals surface area contributed by atoms with Crippen LogP contribution in [0.15, 0.2) is 30.6 Å². The molecule has 8 heteroatoms. The van der Waals surface area contributed by atoms with Gasteiger partial charge < -0.3 is 16.0 Å². The van der Waals surface area contributed by atoms with E-state index in [1.807, 2.05) is 31.2 Å². The first kappa shape index (κ1) is 15.1. The maximum atomic E-state index is 11.8. The van der Waals surface area contributed by atoms with Gasteiger partial charge in [0.05, 0.1) is 5.39 Å². The first-order valence-electron chi connectivity index (χ1n) is 7.94. The van der Waals surface area contributed by atoms with Gasteiger partial charge >= 0.3 is 0 Å². The summed E-state index contributed by atoms with van der Waals surface area (Å²) < 4.78 is 1.80. The first-order valence-corrected chi connectivity index (χ1v) is 7.94. The molecular formula is C17H17N7O. The maximum Gasteiger partial charge on any atom is 0.267 e. The van der Waals surface area contributed by atoms with Gasteiger partial charge in [-0.3, -0.25) is 4.79 Å². The van der Waals surface area contributed by atoms with Crippen molar-refractivity contribution in [3.05, 3.63) is 36.3 Å². The van der Waals surface area contributed by atoms with Gasteiger partial charge in [-0.05, 0) is 19.1 Å². The zero-order valence-corrected chi connectivity index (χ0v) is 13.9. The molecule has 0 aliphatic heterocycles. The van der Waals surface area contributed by atoms with E-state index in [0.29, 0.717) is 23.7 Å². The van der Waals surface area contributed by atoms with E-state index in [-0.39, 0.29) is 5.91 Å². The quantitative estimate of drug-likeness (QED) is 0.529. The largest absolute Gasteiger partial charge is 0.383 e. The number of carbonyl (C=O) groups is 1. The molecule has 3 aromatic heterocycles. The number of carbonyl (C=O) groups excluding carboxylic acids is 1. The van der Waals surface area contributed by atoms with Gasteiger partial charge in [0.1, 0.15) is 23.5 Å². The normalized spacial score (nSPS) is 11.3. The van der Waals surface area contributed by atoms with Gasteiger partial charge in [0.25, 0.3) is 5.91 Å². The molecule has 0 unspecified atom stereocenters. The van der Waals surface area contributed by atoms with Gasteiger partial charge in [0, 0.05) is 30.1 Å². The summed E-state index contributed by atoms with van der Waals surface area (Å²) in [5.74, 6) is 0.244. The molecule has 0 fully saturated rings. The second kappa shape index (κ2) is 5.59. The molecule has 3 heterocycles. The van der Waals surface area contributed by atoms with Crippen LogP contribution in [-0.2, 0) is 6.54 Å². The van der Waals surface area contributed by atoms with Crippen LogP contribution in [0, 0.1) is 0 Å². The van der Waals surface area contributed by atoms with Gasteiger partial charge in [0.2, 0.25) is 0 Å². The van der Waals surface area contributed by atoms with Crippen LogP contribution in [0.3, 0.4) is 0 Å². The fraction of sp³-hybridized carbons (Fsp3) is 0.176. The zero-order chi connectivity index (χ0) is 17.6. The second-order valence-electron chi connectivity index (χ2n) is 5.69. The zero-order valence-electron chi connectivity index (χ0n) is 13.9. The van der Waals surface area contributed by atoms with E-state index in [9.17, 15) is 4.79 Å². The molecule has 25 heavy (non-hydrogen) atoms. The number of nitrogens with two attached hydrogens (primary N) is 1. The molecule has 0 atom stereocenters. The van der Waals surface area contributed by atoms with Crippen molar-refractivity contribution >= 4 is 33.7 Å². The molecule has 4 rings (SSSR count). The van der Waals surface area contributed by atoms with Gasteiger partial charge in [-0.15, -0.1) is 0 Å². The molecular weight excluding hydrogens is 318 g/mol. The molecule has 0 spiro atoms. The van der Waals surface area contributed by atoms with Crippen molar-refractivity contribution in [3.63, 3.8) is 0 Å². The van der Waals surface area contributed by atoms with Crippen LogP contribution in [0.1, 0.15) is 17.4 Å². The molecule has 0 aliphatic carbocycles. The highest BCUT2D eigenvalue weighted by molar-refractivity contribution is 6.01. The molecule has 1 aromatic carbocycles. The lowest BCUT2D eigenvalue weighted by atomic mass is 10.1. The molecule has 0 bridgehead atoms. The molecule has 0 saturated heterocycles. The highest BCUT2D eigenvalue weighted by atomic mass is 16.1. The van der Waals surface area contributed by atoms with Gasteiger partial charge in [-0.2, -0.15) is 5.10 Å². The smallest absolute Gasteiger partial charge is 0.267 e. The number of aromatic amines is 1. The number of nitrogens with zero attached hydrogens (tertiary/aromatic N) is 4. The van der Waals surface area contributed by atoms with Crippen molar-refractivity contribution in [2.24, 2.45) is 0 Å². The highest BCUT2D eigenvalue weighted by Crippen LogP contribution is 2.31. The Morgan fingerprint density at radius 2 is 2.16 bits per heavy atom. The van der Waals surface area contributed by atoms with E-state index in [1.54, 1.807) is 11.7 Å². The number of benzene rings is 1. The summed E-state index contributed by atoms with van der Waals surface area (Å²) in [6.45, 7) is 2.68. The van der Waals surface area contributed by atoms with Crippen LogP contribution in [0.5, 0.6) is 0 Å². The lowest BCUT2D eigenvalue weighted by Crippen LogP contribution is -2.17.